The SMILES string of the molecule is Oc1c(Cl)cncc1Cl. The van der Waals surface area contributed by atoms with E-state index in [1.54, 1.807) is 0 Å². The zero-order valence-corrected chi connectivity index (χ0v) is 5.82. The third-order valence-corrected chi connectivity index (χ3v) is 1.38. The molecule has 0 spiro atoms. The van der Waals surface area contributed by atoms with Crippen molar-refractivity contribution in [2.45, 2.75) is 0 Å². The summed E-state index contributed by atoms with van der Waals surface area (Å²) in [5.74, 6) is -0.117. The highest BCUT2D eigenvalue weighted by atomic mass is 35.5. The van der Waals surface area contributed by atoms with Gasteiger partial charge in [0.2, 0.25) is 0 Å². The summed E-state index contributed by atoms with van der Waals surface area (Å²) in [5, 5.41) is 9.24. The van der Waals surface area contributed by atoms with Crippen molar-refractivity contribution in [1.29, 1.82) is 0 Å². The van der Waals surface area contributed by atoms with E-state index >= 15 is 0 Å². The molecule has 0 aliphatic heterocycles. The molecule has 1 aromatic rings. The van der Waals surface area contributed by atoms with Gasteiger partial charge >= 0.3 is 0 Å². The molecular weight excluding hydrogens is 161 g/mol. The van der Waals surface area contributed by atoms with Crippen LogP contribution in [-0.2, 0) is 0 Å². The van der Waals surface area contributed by atoms with Crippen molar-refractivity contribution in [3.63, 3.8) is 0 Å². The number of hydrogen-bond acceptors (Lipinski definition) is 2. The fraction of sp³-hybridized carbons (Fsp3) is 0. The van der Waals surface area contributed by atoms with Crippen molar-refractivity contribution < 1.29 is 5.11 Å². The molecule has 9 heavy (non-hydrogen) atoms. The first kappa shape index (κ1) is 6.65. The molecule has 0 bridgehead atoms. The minimum atomic E-state index is -0.117. The van der Waals surface area contributed by atoms with Crippen LogP contribution in [0.15, 0.2) is 12.4 Å². The third kappa shape index (κ3) is 1.26. The second kappa shape index (κ2) is 2.42. The van der Waals surface area contributed by atoms with Crippen LogP contribution >= 0.6 is 23.2 Å². The molecule has 0 aromatic carbocycles. The first-order valence-electron chi connectivity index (χ1n) is 2.20. The molecule has 1 aromatic heterocycles. The highest BCUT2D eigenvalue weighted by Crippen LogP contribution is 2.28. The van der Waals surface area contributed by atoms with Gasteiger partial charge in [-0.3, -0.25) is 4.98 Å². The Kier molecular flexibility index (Phi) is 1.78. The van der Waals surface area contributed by atoms with E-state index < -0.39 is 0 Å². The summed E-state index contributed by atoms with van der Waals surface area (Å²) in [5.41, 5.74) is 0. The van der Waals surface area contributed by atoms with Crippen LogP contribution in [0, 0.1) is 0 Å². The summed E-state index contributed by atoms with van der Waals surface area (Å²) in [6.07, 6.45) is 2.64. The van der Waals surface area contributed by atoms with Crippen LogP contribution in [0.3, 0.4) is 0 Å². The van der Waals surface area contributed by atoms with Gasteiger partial charge in [-0.05, 0) is 0 Å². The molecule has 0 aliphatic rings. The lowest BCUT2D eigenvalue weighted by Gasteiger charge is -1.94. The molecule has 0 unspecified atom stereocenters. The van der Waals surface area contributed by atoms with Gasteiger partial charge in [-0.25, -0.2) is 0 Å². The fourth-order valence-electron chi connectivity index (χ4n) is 0.405. The van der Waals surface area contributed by atoms with Gasteiger partial charge in [0.15, 0.2) is 5.75 Å². The van der Waals surface area contributed by atoms with Crippen molar-refractivity contribution in [1.82, 2.24) is 4.98 Å². The maximum absolute atomic E-state index is 8.90. The molecule has 2 nitrogen and oxygen atoms in total. The number of aromatic nitrogens is 1. The molecule has 0 saturated heterocycles. The first-order chi connectivity index (χ1) is 4.22. The third-order valence-electron chi connectivity index (χ3n) is 0.828. The Bertz CT molecular complexity index is 206. The quantitative estimate of drug-likeness (QED) is 0.636. The van der Waals surface area contributed by atoms with E-state index in [4.69, 9.17) is 28.3 Å². The number of hydrogen-bond donors (Lipinski definition) is 1. The standard InChI is InChI=1S/C5H3Cl2NO/c6-3-1-8-2-4(7)5(3)9/h1-2H,(H,8,9). The topological polar surface area (TPSA) is 33.1 Å². The Morgan fingerprint density at radius 1 is 1.22 bits per heavy atom. The Labute approximate surface area is 62.1 Å². The van der Waals surface area contributed by atoms with E-state index in [0.717, 1.165) is 0 Å². The number of rotatable bonds is 0. The second-order valence-corrected chi connectivity index (χ2v) is 2.27. The van der Waals surface area contributed by atoms with Crippen LogP contribution < -0.4 is 0 Å². The highest BCUT2D eigenvalue weighted by Gasteiger charge is 2.00. The van der Waals surface area contributed by atoms with Gasteiger partial charge in [0.1, 0.15) is 10.0 Å². The first-order valence-corrected chi connectivity index (χ1v) is 2.95. The van der Waals surface area contributed by atoms with Crippen LogP contribution in [0.1, 0.15) is 0 Å². The Balaban J connectivity index is 3.25. The van der Waals surface area contributed by atoms with Gasteiger partial charge in [0.05, 0.1) is 0 Å². The highest BCUT2D eigenvalue weighted by molar-refractivity contribution is 6.36. The summed E-state index contributed by atoms with van der Waals surface area (Å²) in [7, 11) is 0. The number of halogens is 2. The molecule has 0 amide bonds. The maximum Gasteiger partial charge on any atom is 0.155 e. The van der Waals surface area contributed by atoms with E-state index in [1.807, 2.05) is 0 Å². The molecule has 1 N–H and O–H groups in total. The lowest BCUT2D eigenvalue weighted by atomic mass is 10.4. The Hall–Kier alpha value is -0.470. The minimum absolute atomic E-state index is 0.117. The van der Waals surface area contributed by atoms with Gasteiger partial charge in [0, 0.05) is 12.4 Å². The smallest absolute Gasteiger partial charge is 0.155 e. The van der Waals surface area contributed by atoms with E-state index in [2.05, 4.69) is 4.98 Å². The molecule has 0 atom stereocenters. The summed E-state index contributed by atoms with van der Waals surface area (Å²) in [6.45, 7) is 0. The lowest BCUT2D eigenvalue weighted by Crippen LogP contribution is -1.73. The predicted octanol–water partition coefficient (Wildman–Crippen LogP) is 2.09. The van der Waals surface area contributed by atoms with Crippen LogP contribution in [-0.4, -0.2) is 10.1 Å². The van der Waals surface area contributed by atoms with Crippen LogP contribution in [0.2, 0.25) is 10.0 Å². The average molecular weight is 164 g/mol. The van der Waals surface area contributed by atoms with Crippen molar-refractivity contribution in [3.8, 4) is 5.75 Å². The summed E-state index contributed by atoms with van der Waals surface area (Å²) >= 11 is 10.8. The molecule has 1 rings (SSSR count). The van der Waals surface area contributed by atoms with Crippen LogP contribution in [0.5, 0.6) is 5.75 Å². The number of aromatic hydroxyl groups is 1. The predicted molar refractivity (Wildman–Crippen MR) is 35.9 cm³/mol. The van der Waals surface area contributed by atoms with Crippen molar-refractivity contribution in [3.05, 3.63) is 22.4 Å². The van der Waals surface area contributed by atoms with E-state index in [9.17, 15) is 0 Å². The van der Waals surface area contributed by atoms with Gasteiger partial charge in [-0.15, -0.1) is 0 Å². The molecular formula is C5H3Cl2NO. The van der Waals surface area contributed by atoms with Gasteiger partial charge in [-0.2, -0.15) is 0 Å². The fourth-order valence-corrected chi connectivity index (χ4v) is 0.769. The second-order valence-electron chi connectivity index (χ2n) is 1.45. The van der Waals surface area contributed by atoms with E-state index in [-0.39, 0.29) is 15.8 Å². The summed E-state index contributed by atoms with van der Waals surface area (Å²) < 4.78 is 0. The van der Waals surface area contributed by atoms with Crippen molar-refractivity contribution in [2.75, 3.05) is 0 Å². The zero-order chi connectivity index (χ0) is 6.85. The molecule has 0 saturated carbocycles. The molecule has 48 valence electrons. The Morgan fingerprint density at radius 3 is 2.00 bits per heavy atom. The Morgan fingerprint density at radius 2 is 1.67 bits per heavy atom. The molecule has 0 aliphatic carbocycles. The molecule has 4 heteroatoms. The van der Waals surface area contributed by atoms with E-state index in [0.29, 0.717) is 0 Å². The number of pyridine rings is 1. The van der Waals surface area contributed by atoms with E-state index in [1.165, 1.54) is 12.4 Å². The monoisotopic (exact) mass is 163 g/mol. The van der Waals surface area contributed by atoms with Crippen molar-refractivity contribution in [2.24, 2.45) is 0 Å². The summed E-state index contributed by atoms with van der Waals surface area (Å²) in [4.78, 5) is 3.62. The molecule has 0 radical (unpaired) electrons. The molecule has 0 fully saturated rings. The summed E-state index contributed by atoms with van der Waals surface area (Å²) in [6, 6.07) is 0. The van der Waals surface area contributed by atoms with Crippen LogP contribution in [0.25, 0.3) is 0 Å². The number of nitrogens with zero attached hydrogens (tertiary/aromatic N) is 1. The molecule has 1 heterocycles. The van der Waals surface area contributed by atoms with Crippen molar-refractivity contribution >= 4 is 23.2 Å². The van der Waals surface area contributed by atoms with Gasteiger partial charge < -0.3 is 5.11 Å². The average Bonchev–Trinajstić information content (AvgIpc) is 1.83. The minimum Gasteiger partial charge on any atom is -0.505 e. The lowest BCUT2D eigenvalue weighted by molar-refractivity contribution is 0.475. The van der Waals surface area contributed by atoms with Crippen LogP contribution in [0.4, 0.5) is 0 Å². The maximum atomic E-state index is 8.90. The zero-order valence-electron chi connectivity index (χ0n) is 4.31. The normalized spacial score (nSPS) is 9.56. The van der Waals surface area contributed by atoms with Gasteiger partial charge in [-0.1, -0.05) is 23.2 Å². The van der Waals surface area contributed by atoms with Gasteiger partial charge in [0.25, 0.3) is 0 Å². The largest absolute Gasteiger partial charge is 0.505 e.